The van der Waals surface area contributed by atoms with Crippen LogP contribution in [0.5, 0.6) is 0 Å². The molecule has 2 rings (SSSR count). The predicted octanol–water partition coefficient (Wildman–Crippen LogP) is 1.81. The Morgan fingerprint density at radius 2 is 2.00 bits per heavy atom. The SMILES string of the molecule is CN=C(NCCN(C)CCOC)N1CCC(OCC2CCCCO2)CC1.I. The second-order valence-electron chi connectivity index (χ2n) is 7.28. The zero-order valence-electron chi connectivity index (χ0n) is 17.3. The van der Waals surface area contributed by atoms with Crippen molar-refractivity contribution in [3.8, 4) is 0 Å². The number of aliphatic imine (C=N–C) groups is 1. The number of hydrogen-bond acceptors (Lipinski definition) is 5. The van der Waals surface area contributed by atoms with E-state index in [-0.39, 0.29) is 24.0 Å². The molecule has 0 radical (unpaired) electrons. The maximum atomic E-state index is 6.10. The third-order valence-electron chi connectivity index (χ3n) is 5.20. The van der Waals surface area contributed by atoms with E-state index in [4.69, 9.17) is 14.2 Å². The van der Waals surface area contributed by atoms with Crippen LogP contribution in [0.15, 0.2) is 4.99 Å². The van der Waals surface area contributed by atoms with Gasteiger partial charge >= 0.3 is 0 Å². The zero-order chi connectivity index (χ0) is 18.6. The van der Waals surface area contributed by atoms with Gasteiger partial charge in [-0.15, -0.1) is 24.0 Å². The lowest BCUT2D eigenvalue weighted by atomic mass is 10.1. The first-order valence-corrected chi connectivity index (χ1v) is 10.1. The molecule has 2 aliphatic heterocycles. The van der Waals surface area contributed by atoms with Crippen molar-refractivity contribution in [2.24, 2.45) is 4.99 Å². The largest absolute Gasteiger partial charge is 0.383 e. The highest BCUT2D eigenvalue weighted by Gasteiger charge is 2.23. The molecule has 0 bridgehead atoms. The Morgan fingerprint density at radius 1 is 1.22 bits per heavy atom. The number of guanidine groups is 1. The molecule has 1 atom stereocenters. The summed E-state index contributed by atoms with van der Waals surface area (Å²) in [7, 11) is 5.71. The lowest BCUT2D eigenvalue weighted by molar-refractivity contribution is -0.0721. The monoisotopic (exact) mass is 498 g/mol. The molecule has 27 heavy (non-hydrogen) atoms. The van der Waals surface area contributed by atoms with E-state index >= 15 is 0 Å². The molecule has 0 aromatic rings. The summed E-state index contributed by atoms with van der Waals surface area (Å²) in [6, 6.07) is 0. The summed E-state index contributed by atoms with van der Waals surface area (Å²) in [5.74, 6) is 0.999. The van der Waals surface area contributed by atoms with Gasteiger partial charge < -0.3 is 29.3 Å². The fraction of sp³-hybridized carbons (Fsp3) is 0.947. The number of likely N-dealkylation sites (tertiary alicyclic amines) is 1. The Bertz CT molecular complexity index is 400. The van der Waals surface area contributed by atoms with Gasteiger partial charge in [0.1, 0.15) is 0 Å². The van der Waals surface area contributed by atoms with Crippen LogP contribution in [0.25, 0.3) is 0 Å². The average Bonchev–Trinajstić information content (AvgIpc) is 2.69. The number of piperidine rings is 1. The summed E-state index contributed by atoms with van der Waals surface area (Å²) in [6.45, 7) is 7.23. The molecule has 7 nitrogen and oxygen atoms in total. The van der Waals surface area contributed by atoms with Gasteiger partial charge in [-0.25, -0.2) is 0 Å². The maximum absolute atomic E-state index is 6.10. The van der Waals surface area contributed by atoms with Crippen LogP contribution in [0.2, 0.25) is 0 Å². The molecule has 0 aromatic carbocycles. The third-order valence-corrected chi connectivity index (χ3v) is 5.20. The summed E-state index contributed by atoms with van der Waals surface area (Å²) < 4.78 is 17.0. The van der Waals surface area contributed by atoms with Crippen LogP contribution >= 0.6 is 24.0 Å². The van der Waals surface area contributed by atoms with Crippen molar-refractivity contribution < 1.29 is 14.2 Å². The van der Waals surface area contributed by atoms with Gasteiger partial charge in [0.2, 0.25) is 0 Å². The number of likely N-dealkylation sites (N-methyl/N-ethyl adjacent to an activating group) is 1. The van der Waals surface area contributed by atoms with Gasteiger partial charge in [-0.3, -0.25) is 4.99 Å². The van der Waals surface area contributed by atoms with Crippen molar-refractivity contribution in [3.05, 3.63) is 0 Å². The number of nitrogens with one attached hydrogen (secondary N) is 1. The van der Waals surface area contributed by atoms with Gasteiger partial charge in [-0.05, 0) is 39.2 Å². The highest BCUT2D eigenvalue weighted by atomic mass is 127. The standard InChI is InChI=1S/C19H38N4O3.HI/c1-20-19(21-9-12-22(2)13-15-24-3)23-10-7-17(8-11-23)26-16-18-6-4-5-14-25-18;/h17-18H,4-16H2,1-3H3,(H,20,21);1H. The van der Waals surface area contributed by atoms with E-state index in [1.807, 2.05) is 7.05 Å². The fourth-order valence-corrected chi connectivity index (χ4v) is 3.47. The topological polar surface area (TPSA) is 58.6 Å². The molecular formula is C19H39IN4O3. The third kappa shape index (κ3) is 9.74. The molecule has 0 aromatic heterocycles. The molecule has 2 heterocycles. The van der Waals surface area contributed by atoms with Gasteiger partial charge in [0.05, 0.1) is 25.4 Å². The van der Waals surface area contributed by atoms with Crippen molar-refractivity contribution in [2.75, 3.05) is 73.7 Å². The Hall–Kier alpha value is -0.160. The number of nitrogens with zero attached hydrogens (tertiary/aromatic N) is 3. The Morgan fingerprint density at radius 3 is 2.63 bits per heavy atom. The van der Waals surface area contributed by atoms with Gasteiger partial charge in [0.15, 0.2) is 5.96 Å². The van der Waals surface area contributed by atoms with Crippen LogP contribution in [0.4, 0.5) is 0 Å². The van der Waals surface area contributed by atoms with Crippen LogP contribution in [0.3, 0.4) is 0 Å². The minimum absolute atomic E-state index is 0. The molecule has 8 heteroatoms. The summed E-state index contributed by atoms with van der Waals surface area (Å²) in [5.41, 5.74) is 0. The molecule has 2 saturated heterocycles. The van der Waals surface area contributed by atoms with Crippen LogP contribution < -0.4 is 5.32 Å². The number of hydrogen-bond donors (Lipinski definition) is 1. The fourth-order valence-electron chi connectivity index (χ4n) is 3.47. The number of methoxy groups -OCH3 is 1. The Balaban J connectivity index is 0.00000364. The van der Waals surface area contributed by atoms with Crippen LogP contribution in [0, 0.1) is 0 Å². The molecule has 160 valence electrons. The minimum atomic E-state index is 0. The van der Waals surface area contributed by atoms with Crippen LogP contribution in [0.1, 0.15) is 32.1 Å². The summed E-state index contributed by atoms with van der Waals surface area (Å²) in [5, 5.41) is 3.48. The zero-order valence-corrected chi connectivity index (χ0v) is 19.7. The highest BCUT2D eigenvalue weighted by Crippen LogP contribution is 2.17. The lowest BCUT2D eigenvalue weighted by Gasteiger charge is -2.35. The lowest BCUT2D eigenvalue weighted by Crippen LogP contribution is -2.48. The van der Waals surface area contributed by atoms with Crippen molar-refractivity contribution >= 4 is 29.9 Å². The second-order valence-corrected chi connectivity index (χ2v) is 7.28. The summed E-state index contributed by atoms with van der Waals surface area (Å²) in [4.78, 5) is 9.04. The predicted molar refractivity (Wildman–Crippen MR) is 120 cm³/mol. The molecule has 2 aliphatic rings. The van der Waals surface area contributed by atoms with Crippen molar-refractivity contribution in [1.29, 1.82) is 0 Å². The smallest absolute Gasteiger partial charge is 0.193 e. The molecule has 1 unspecified atom stereocenters. The Labute approximate surface area is 182 Å². The summed E-state index contributed by atoms with van der Waals surface area (Å²) >= 11 is 0. The van der Waals surface area contributed by atoms with Gasteiger partial charge in [-0.1, -0.05) is 0 Å². The van der Waals surface area contributed by atoms with Crippen molar-refractivity contribution in [3.63, 3.8) is 0 Å². The van der Waals surface area contributed by atoms with E-state index < -0.39 is 0 Å². The first kappa shape index (κ1) is 24.9. The van der Waals surface area contributed by atoms with E-state index in [2.05, 4.69) is 27.2 Å². The van der Waals surface area contributed by atoms with E-state index in [9.17, 15) is 0 Å². The first-order valence-electron chi connectivity index (χ1n) is 10.1. The van der Waals surface area contributed by atoms with Gasteiger partial charge in [0, 0.05) is 53.5 Å². The number of ether oxygens (including phenoxy) is 3. The van der Waals surface area contributed by atoms with E-state index in [1.54, 1.807) is 7.11 Å². The Kier molecular flexibility index (Phi) is 13.6. The number of rotatable bonds is 9. The second kappa shape index (κ2) is 14.8. The molecule has 1 N–H and O–H groups in total. The summed E-state index contributed by atoms with van der Waals surface area (Å²) in [6.07, 6.45) is 6.40. The maximum Gasteiger partial charge on any atom is 0.193 e. The van der Waals surface area contributed by atoms with Gasteiger partial charge in [-0.2, -0.15) is 0 Å². The van der Waals surface area contributed by atoms with E-state index in [0.717, 1.165) is 77.8 Å². The molecule has 0 amide bonds. The molecule has 2 fully saturated rings. The first-order chi connectivity index (χ1) is 12.7. The quantitative estimate of drug-likeness (QED) is 0.298. The van der Waals surface area contributed by atoms with E-state index in [0.29, 0.717) is 12.2 Å². The van der Waals surface area contributed by atoms with Crippen molar-refractivity contribution in [1.82, 2.24) is 15.1 Å². The number of halogens is 1. The molecular weight excluding hydrogens is 459 g/mol. The van der Waals surface area contributed by atoms with Crippen molar-refractivity contribution in [2.45, 2.75) is 44.3 Å². The van der Waals surface area contributed by atoms with E-state index in [1.165, 1.54) is 12.8 Å². The molecule has 0 aliphatic carbocycles. The van der Waals surface area contributed by atoms with Crippen LogP contribution in [-0.2, 0) is 14.2 Å². The minimum Gasteiger partial charge on any atom is -0.383 e. The molecule has 0 saturated carbocycles. The highest BCUT2D eigenvalue weighted by molar-refractivity contribution is 14.0. The normalized spacial score (nSPS) is 22.0. The van der Waals surface area contributed by atoms with Crippen LogP contribution in [-0.4, -0.2) is 102 Å². The molecule has 0 spiro atoms. The average molecular weight is 498 g/mol. The van der Waals surface area contributed by atoms with Gasteiger partial charge in [0.25, 0.3) is 0 Å².